The third-order valence-electron chi connectivity index (χ3n) is 5.33. The zero-order valence-electron chi connectivity index (χ0n) is 18.2. The van der Waals surface area contributed by atoms with Gasteiger partial charge in [-0.2, -0.15) is 0 Å². The summed E-state index contributed by atoms with van der Waals surface area (Å²) in [7, 11) is -4.02. The summed E-state index contributed by atoms with van der Waals surface area (Å²) in [4.78, 5) is 24.7. The summed E-state index contributed by atoms with van der Waals surface area (Å²) in [5.74, 6) is -0.464. The molecule has 0 saturated heterocycles. The van der Waals surface area contributed by atoms with Crippen molar-refractivity contribution in [1.82, 2.24) is 15.0 Å². The van der Waals surface area contributed by atoms with Crippen LogP contribution in [0.2, 0.25) is 0 Å². The molecule has 2 N–H and O–H groups in total. The van der Waals surface area contributed by atoms with Crippen molar-refractivity contribution >= 4 is 49.8 Å². The van der Waals surface area contributed by atoms with Crippen molar-refractivity contribution in [2.45, 2.75) is 16.7 Å². The van der Waals surface area contributed by atoms with Gasteiger partial charge in [-0.25, -0.2) is 18.4 Å². The quantitative estimate of drug-likeness (QED) is 0.357. The highest BCUT2D eigenvalue weighted by molar-refractivity contribution is 7.92. The summed E-state index contributed by atoms with van der Waals surface area (Å²) >= 11 is 0. The number of nitrogens with zero attached hydrogens (tertiary/aromatic N) is 2. The Morgan fingerprint density at radius 2 is 1.53 bits per heavy atom. The van der Waals surface area contributed by atoms with Crippen LogP contribution in [0, 0.1) is 6.92 Å². The number of anilines is 1. The first-order chi connectivity index (χ1) is 16.4. The highest BCUT2D eigenvalue weighted by Crippen LogP contribution is 2.34. The van der Waals surface area contributed by atoms with E-state index in [0.717, 1.165) is 11.1 Å². The maximum Gasteiger partial charge on any atom is 0.249 e. The Bertz CT molecular complexity index is 1660. The van der Waals surface area contributed by atoms with E-state index in [9.17, 15) is 13.2 Å². The van der Waals surface area contributed by atoms with Crippen molar-refractivity contribution in [3.8, 4) is 0 Å². The first-order valence-corrected chi connectivity index (χ1v) is 12.0. The molecular formula is C26H20N4O3S. The molecule has 0 aliphatic carbocycles. The average molecular weight is 469 g/mol. The Kier molecular flexibility index (Phi) is 5.43. The molecule has 0 bridgehead atoms. The number of para-hydroxylation sites is 2. The summed E-state index contributed by atoms with van der Waals surface area (Å²) in [6, 6.07) is 23.0. The number of H-pyrrole nitrogens is 1. The van der Waals surface area contributed by atoms with Gasteiger partial charge in [0.05, 0.1) is 15.9 Å². The molecule has 0 aliphatic rings. The van der Waals surface area contributed by atoms with Gasteiger partial charge in [-0.3, -0.25) is 4.79 Å². The molecular weight excluding hydrogens is 448 g/mol. The standard InChI is InChI=1S/C26H20N4O3S/c1-17-11-14-19(15-12-17)34(32,33)24-23-25(28-21-10-6-5-9-20(21)27-23)30-26(24)29-22(31)16-13-18-7-3-2-4-8-18/h2-16H,1H3,(H,28,30)(H,29,31). The SMILES string of the molecule is Cc1ccc(S(=O)(=O)c2c(NC(=O)C=Cc3ccccc3)[nH]c3nc4ccccc4nc23)cc1. The molecule has 8 heteroatoms. The van der Waals surface area contributed by atoms with E-state index >= 15 is 0 Å². The van der Waals surface area contributed by atoms with Crippen LogP contribution in [0.25, 0.3) is 28.3 Å². The fourth-order valence-electron chi connectivity index (χ4n) is 3.62. The fraction of sp³-hybridized carbons (Fsp3) is 0.0385. The minimum atomic E-state index is -4.02. The van der Waals surface area contributed by atoms with Gasteiger partial charge in [-0.1, -0.05) is 60.2 Å². The van der Waals surface area contributed by atoms with Gasteiger partial charge in [0.25, 0.3) is 0 Å². The summed E-state index contributed by atoms with van der Waals surface area (Å²) in [5, 5.41) is 2.67. The Balaban J connectivity index is 1.64. The minimum absolute atomic E-state index is 0.0218. The van der Waals surface area contributed by atoms with Gasteiger partial charge < -0.3 is 10.3 Å². The van der Waals surface area contributed by atoms with Crippen molar-refractivity contribution < 1.29 is 13.2 Å². The second-order valence-electron chi connectivity index (χ2n) is 7.79. The zero-order chi connectivity index (χ0) is 23.7. The lowest BCUT2D eigenvalue weighted by molar-refractivity contribution is -0.111. The summed E-state index contributed by atoms with van der Waals surface area (Å²) in [6.07, 6.45) is 3.00. The Labute approximate surface area is 196 Å². The molecule has 0 spiro atoms. The van der Waals surface area contributed by atoms with Crippen molar-refractivity contribution in [3.05, 3.63) is 96.1 Å². The molecule has 0 fully saturated rings. The van der Waals surface area contributed by atoms with Crippen LogP contribution < -0.4 is 5.32 Å². The van der Waals surface area contributed by atoms with E-state index in [0.29, 0.717) is 11.0 Å². The second-order valence-corrected chi connectivity index (χ2v) is 9.67. The van der Waals surface area contributed by atoms with E-state index in [1.165, 1.54) is 6.08 Å². The molecule has 7 nitrogen and oxygen atoms in total. The zero-order valence-corrected chi connectivity index (χ0v) is 19.0. The predicted octanol–water partition coefficient (Wildman–Crippen LogP) is 4.90. The largest absolute Gasteiger partial charge is 0.323 e. The van der Waals surface area contributed by atoms with Crippen molar-refractivity contribution in [1.29, 1.82) is 0 Å². The lowest BCUT2D eigenvalue weighted by atomic mass is 10.2. The highest BCUT2D eigenvalue weighted by atomic mass is 32.2. The number of amides is 1. The number of sulfone groups is 1. The third kappa shape index (κ3) is 4.06. The van der Waals surface area contributed by atoms with Gasteiger partial charge in [-0.05, 0) is 42.8 Å². The Morgan fingerprint density at radius 3 is 2.24 bits per heavy atom. The van der Waals surface area contributed by atoms with Crippen LogP contribution in [0.1, 0.15) is 11.1 Å². The molecule has 34 heavy (non-hydrogen) atoms. The lowest BCUT2D eigenvalue weighted by Crippen LogP contribution is -2.12. The monoisotopic (exact) mass is 468 g/mol. The van der Waals surface area contributed by atoms with Crippen LogP contribution in [0.15, 0.2) is 94.7 Å². The third-order valence-corrected chi connectivity index (χ3v) is 7.16. The first-order valence-electron chi connectivity index (χ1n) is 10.6. The number of fused-ring (bicyclic) bond motifs is 2. The van der Waals surface area contributed by atoms with E-state index < -0.39 is 15.7 Å². The normalized spacial score (nSPS) is 11.9. The van der Waals surface area contributed by atoms with Crippen LogP contribution in [-0.2, 0) is 14.6 Å². The van der Waals surface area contributed by atoms with Crippen molar-refractivity contribution in [2.75, 3.05) is 5.32 Å². The molecule has 0 atom stereocenters. The van der Waals surface area contributed by atoms with Crippen molar-refractivity contribution in [3.63, 3.8) is 0 Å². The summed E-state index contributed by atoms with van der Waals surface area (Å²) in [5.41, 5.74) is 3.38. The lowest BCUT2D eigenvalue weighted by Gasteiger charge is -2.07. The summed E-state index contributed by atoms with van der Waals surface area (Å²) in [6.45, 7) is 1.88. The molecule has 3 aromatic carbocycles. The first kappa shape index (κ1) is 21.5. The smallest absolute Gasteiger partial charge is 0.249 e. The number of nitrogens with one attached hydrogen (secondary N) is 2. The van der Waals surface area contributed by atoms with Gasteiger partial charge in [0, 0.05) is 6.08 Å². The maximum atomic E-state index is 13.7. The number of hydrogen-bond acceptors (Lipinski definition) is 5. The number of aromatic amines is 1. The van der Waals surface area contributed by atoms with Gasteiger partial charge in [-0.15, -0.1) is 0 Å². The second kappa shape index (κ2) is 8.57. The minimum Gasteiger partial charge on any atom is -0.323 e. The van der Waals surface area contributed by atoms with Gasteiger partial charge >= 0.3 is 0 Å². The number of carbonyl (C=O) groups excluding carboxylic acids is 1. The number of rotatable bonds is 5. The van der Waals surface area contributed by atoms with Crippen LogP contribution in [0.5, 0.6) is 0 Å². The Morgan fingerprint density at radius 1 is 0.882 bits per heavy atom. The highest BCUT2D eigenvalue weighted by Gasteiger charge is 2.29. The predicted molar refractivity (Wildman–Crippen MR) is 132 cm³/mol. The van der Waals surface area contributed by atoms with E-state index in [4.69, 9.17) is 0 Å². The van der Waals surface area contributed by atoms with Crippen molar-refractivity contribution in [2.24, 2.45) is 0 Å². The molecule has 2 heterocycles. The molecule has 0 aliphatic heterocycles. The molecule has 1 amide bonds. The van der Waals surface area contributed by atoms with E-state index in [-0.39, 0.29) is 26.8 Å². The topological polar surface area (TPSA) is 105 Å². The number of aryl methyl sites for hydroxylation is 1. The maximum absolute atomic E-state index is 13.7. The molecule has 0 saturated carbocycles. The van der Waals surface area contributed by atoms with Gasteiger partial charge in [0.15, 0.2) is 5.65 Å². The number of hydrogen-bond donors (Lipinski definition) is 2. The van der Waals surface area contributed by atoms with Crippen LogP contribution in [-0.4, -0.2) is 29.3 Å². The van der Waals surface area contributed by atoms with Crippen LogP contribution in [0.4, 0.5) is 5.82 Å². The van der Waals surface area contributed by atoms with Crippen LogP contribution >= 0.6 is 0 Å². The molecule has 0 radical (unpaired) electrons. The van der Waals surface area contributed by atoms with E-state index in [1.807, 2.05) is 43.3 Å². The van der Waals surface area contributed by atoms with Gasteiger partial charge in [0.2, 0.25) is 15.7 Å². The summed E-state index contributed by atoms with van der Waals surface area (Å²) < 4.78 is 27.4. The number of aromatic nitrogens is 3. The van der Waals surface area contributed by atoms with E-state index in [1.54, 1.807) is 48.5 Å². The van der Waals surface area contributed by atoms with Gasteiger partial charge in [0.1, 0.15) is 16.2 Å². The molecule has 5 aromatic rings. The molecule has 2 aromatic heterocycles. The Hall–Kier alpha value is -4.30. The molecule has 5 rings (SSSR count). The molecule has 0 unspecified atom stereocenters. The van der Waals surface area contributed by atoms with Crippen LogP contribution in [0.3, 0.4) is 0 Å². The molecule has 168 valence electrons. The average Bonchev–Trinajstić information content (AvgIpc) is 3.19. The number of carbonyl (C=O) groups is 1. The fourth-order valence-corrected chi connectivity index (χ4v) is 5.12. The van der Waals surface area contributed by atoms with E-state index in [2.05, 4.69) is 20.3 Å². The number of benzene rings is 3.